The summed E-state index contributed by atoms with van der Waals surface area (Å²) in [6, 6.07) is 12.1. The highest BCUT2D eigenvalue weighted by Gasteiger charge is 2.36. The molecule has 1 saturated carbocycles. The first-order chi connectivity index (χ1) is 11.2. The van der Waals surface area contributed by atoms with Crippen molar-refractivity contribution in [2.75, 3.05) is 19.7 Å². The number of aliphatic hydroxyl groups excluding tert-OH is 1. The second-order valence-electron chi connectivity index (χ2n) is 7.72. The summed E-state index contributed by atoms with van der Waals surface area (Å²) in [5, 5.41) is 12.9. The van der Waals surface area contributed by atoms with Crippen LogP contribution in [0.4, 0.5) is 0 Å². The van der Waals surface area contributed by atoms with E-state index in [2.05, 4.69) is 47.5 Å². The van der Waals surface area contributed by atoms with Crippen molar-refractivity contribution in [3.8, 4) is 0 Å². The molecule has 3 heteroatoms. The quantitative estimate of drug-likeness (QED) is 0.811. The maximum absolute atomic E-state index is 9.15. The van der Waals surface area contributed by atoms with Gasteiger partial charge in [0, 0.05) is 38.3 Å². The van der Waals surface area contributed by atoms with Crippen LogP contribution in [0.25, 0.3) is 0 Å². The lowest BCUT2D eigenvalue weighted by Gasteiger charge is -2.47. The zero-order chi connectivity index (χ0) is 16.1. The zero-order valence-corrected chi connectivity index (χ0v) is 14.5. The fourth-order valence-corrected chi connectivity index (χ4v) is 4.29. The van der Waals surface area contributed by atoms with Crippen LogP contribution < -0.4 is 5.32 Å². The largest absolute Gasteiger partial charge is 0.396 e. The van der Waals surface area contributed by atoms with Gasteiger partial charge < -0.3 is 10.4 Å². The average molecular weight is 316 g/mol. The number of aliphatic hydroxyl groups is 1. The molecule has 1 aliphatic carbocycles. The van der Waals surface area contributed by atoms with Gasteiger partial charge in [-0.3, -0.25) is 4.90 Å². The monoisotopic (exact) mass is 316 g/mol. The van der Waals surface area contributed by atoms with Crippen molar-refractivity contribution in [1.29, 1.82) is 0 Å². The van der Waals surface area contributed by atoms with Crippen LogP contribution in [0.5, 0.6) is 0 Å². The smallest absolute Gasteiger partial charge is 0.0431 e. The Kier molecular flexibility index (Phi) is 6.09. The molecule has 1 heterocycles. The average Bonchev–Trinajstić information content (AvgIpc) is 2.56. The molecule has 0 amide bonds. The Labute approximate surface area is 141 Å². The predicted octanol–water partition coefficient (Wildman–Crippen LogP) is 3.04. The SMILES string of the molecule is CC1CC(N2CC(CCCO)CC(NCc3ccccc3)C2)C1. The molecule has 0 bridgehead atoms. The Balaban J connectivity index is 1.54. The van der Waals surface area contributed by atoms with Gasteiger partial charge in [0.2, 0.25) is 0 Å². The summed E-state index contributed by atoms with van der Waals surface area (Å²) in [5.41, 5.74) is 1.37. The first-order valence-corrected chi connectivity index (χ1v) is 9.36. The molecule has 128 valence electrons. The lowest BCUT2D eigenvalue weighted by molar-refractivity contribution is 0.0303. The number of hydrogen-bond acceptors (Lipinski definition) is 3. The van der Waals surface area contributed by atoms with E-state index in [-0.39, 0.29) is 0 Å². The van der Waals surface area contributed by atoms with Crippen LogP contribution in [0.15, 0.2) is 30.3 Å². The molecule has 2 unspecified atom stereocenters. The number of benzene rings is 1. The molecule has 0 radical (unpaired) electrons. The molecule has 0 aromatic heterocycles. The molecule has 2 aliphatic rings. The molecular weight excluding hydrogens is 284 g/mol. The van der Waals surface area contributed by atoms with E-state index in [1.807, 2.05) is 0 Å². The van der Waals surface area contributed by atoms with E-state index in [9.17, 15) is 0 Å². The number of likely N-dealkylation sites (tertiary alicyclic amines) is 1. The van der Waals surface area contributed by atoms with Gasteiger partial charge in [-0.1, -0.05) is 37.3 Å². The normalized spacial score (nSPS) is 31.7. The van der Waals surface area contributed by atoms with Crippen LogP contribution in [0.1, 0.15) is 44.6 Å². The van der Waals surface area contributed by atoms with E-state index in [0.29, 0.717) is 12.6 Å². The highest BCUT2D eigenvalue weighted by molar-refractivity contribution is 5.14. The van der Waals surface area contributed by atoms with E-state index in [4.69, 9.17) is 5.11 Å². The van der Waals surface area contributed by atoms with Crippen LogP contribution in [0, 0.1) is 11.8 Å². The maximum atomic E-state index is 9.15. The van der Waals surface area contributed by atoms with E-state index < -0.39 is 0 Å². The van der Waals surface area contributed by atoms with Crippen LogP contribution in [0.2, 0.25) is 0 Å². The first kappa shape index (κ1) is 16.9. The van der Waals surface area contributed by atoms with Crippen LogP contribution in [-0.2, 0) is 6.54 Å². The Hall–Kier alpha value is -0.900. The molecule has 3 rings (SSSR count). The lowest BCUT2D eigenvalue weighted by atomic mass is 9.78. The number of hydrogen-bond donors (Lipinski definition) is 2. The molecule has 1 aliphatic heterocycles. The van der Waals surface area contributed by atoms with Gasteiger partial charge >= 0.3 is 0 Å². The minimum Gasteiger partial charge on any atom is -0.396 e. The molecule has 23 heavy (non-hydrogen) atoms. The zero-order valence-electron chi connectivity index (χ0n) is 14.5. The summed E-state index contributed by atoms with van der Waals surface area (Å²) in [7, 11) is 0. The van der Waals surface area contributed by atoms with Gasteiger partial charge in [-0.15, -0.1) is 0 Å². The van der Waals surface area contributed by atoms with Gasteiger partial charge in [0.15, 0.2) is 0 Å². The van der Waals surface area contributed by atoms with Gasteiger partial charge in [-0.05, 0) is 49.5 Å². The standard InChI is InChI=1S/C20H32N2O/c1-16-10-20(11-16)22-14-18(8-5-9-23)12-19(15-22)21-13-17-6-3-2-4-7-17/h2-4,6-7,16,18-21,23H,5,8-15H2,1H3. The van der Waals surface area contributed by atoms with Crippen molar-refractivity contribution < 1.29 is 5.11 Å². The summed E-state index contributed by atoms with van der Waals surface area (Å²) >= 11 is 0. The van der Waals surface area contributed by atoms with Gasteiger partial charge in [-0.25, -0.2) is 0 Å². The van der Waals surface area contributed by atoms with Crippen molar-refractivity contribution in [3.63, 3.8) is 0 Å². The Bertz CT molecular complexity index is 458. The lowest BCUT2D eigenvalue weighted by Crippen LogP contribution is -2.55. The molecule has 1 saturated heterocycles. The Morgan fingerprint density at radius 1 is 1.13 bits per heavy atom. The third-order valence-corrected chi connectivity index (χ3v) is 5.64. The summed E-state index contributed by atoms with van der Waals surface area (Å²) in [6.07, 6.45) is 6.12. The van der Waals surface area contributed by atoms with E-state index in [0.717, 1.165) is 30.8 Å². The van der Waals surface area contributed by atoms with Crippen LogP contribution >= 0.6 is 0 Å². The Morgan fingerprint density at radius 2 is 1.91 bits per heavy atom. The van der Waals surface area contributed by atoms with E-state index in [1.165, 1.54) is 44.3 Å². The van der Waals surface area contributed by atoms with Crippen molar-refractivity contribution in [2.45, 2.75) is 57.7 Å². The van der Waals surface area contributed by atoms with Gasteiger partial charge in [0.1, 0.15) is 0 Å². The second-order valence-corrected chi connectivity index (χ2v) is 7.72. The minimum absolute atomic E-state index is 0.332. The van der Waals surface area contributed by atoms with E-state index >= 15 is 0 Å². The molecular formula is C20H32N2O. The fourth-order valence-electron chi connectivity index (χ4n) is 4.29. The molecule has 1 aromatic rings. The number of piperidine rings is 1. The first-order valence-electron chi connectivity index (χ1n) is 9.36. The Morgan fingerprint density at radius 3 is 2.61 bits per heavy atom. The van der Waals surface area contributed by atoms with E-state index in [1.54, 1.807) is 0 Å². The number of nitrogens with one attached hydrogen (secondary N) is 1. The summed E-state index contributed by atoms with van der Waals surface area (Å²) in [5.74, 6) is 1.65. The van der Waals surface area contributed by atoms with Gasteiger partial charge in [0.25, 0.3) is 0 Å². The predicted molar refractivity (Wildman–Crippen MR) is 95.3 cm³/mol. The molecule has 3 nitrogen and oxygen atoms in total. The highest BCUT2D eigenvalue weighted by atomic mass is 16.2. The van der Waals surface area contributed by atoms with Crippen molar-refractivity contribution in [1.82, 2.24) is 10.2 Å². The van der Waals surface area contributed by atoms with Crippen LogP contribution in [-0.4, -0.2) is 41.8 Å². The molecule has 0 spiro atoms. The summed E-state index contributed by atoms with van der Waals surface area (Å²) < 4.78 is 0. The van der Waals surface area contributed by atoms with Crippen molar-refractivity contribution in [3.05, 3.63) is 35.9 Å². The highest BCUT2D eigenvalue weighted by Crippen LogP contribution is 2.34. The summed E-state index contributed by atoms with van der Waals surface area (Å²) in [6.45, 7) is 6.10. The van der Waals surface area contributed by atoms with Crippen LogP contribution in [0.3, 0.4) is 0 Å². The third kappa shape index (κ3) is 4.79. The second kappa shape index (κ2) is 8.27. The summed E-state index contributed by atoms with van der Waals surface area (Å²) in [4.78, 5) is 2.73. The van der Waals surface area contributed by atoms with Gasteiger partial charge in [-0.2, -0.15) is 0 Å². The number of nitrogens with zero attached hydrogens (tertiary/aromatic N) is 1. The molecule has 1 aromatic carbocycles. The third-order valence-electron chi connectivity index (χ3n) is 5.64. The maximum Gasteiger partial charge on any atom is 0.0431 e. The molecule has 2 atom stereocenters. The van der Waals surface area contributed by atoms with Crippen molar-refractivity contribution in [2.24, 2.45) is 11.8 Å². The topological polar surface area (TPSA) is 35.5 Å². The van der Waals surface area contributed by atoms with Crippen molar-refractivity contribution >= 4 is 0 Å². The fraction of sp³-hybridized carbons (Fsp3) is 0.700. The minimum atomic E-state index is 0.332. The van der Waals surface area contributed by atoms with Gasteiger partial charge in [0.05, 0.1) is 0 Å². The molecule has 2 fully saturated rings. The number of rotatable bonds is 7. The molecule has 2 N–H and O–H groups in total.